The van der Waals surface area contributed by atoms with Crippen molar-refractivity contribution in [3.05, 3.63) is 25.3 Å². The van der Waals surface area contributed by atoms with Crippen molar-refractivity contribution >= 4 is 17.7 Å². The van der Waals surface area contributed by atoms with Gasteiger partial charge >= 0.3 is 78.1 Å². The first-order valence-corrected chi connectivity index (χ1v) is 3.80. The normalized spacial score (nSPS) is 7.82. The van der Waals surface area contributed by atoms with Gasteiger partial charge < -0.3 is 0 Å². The summed E-state index contributed by atoms with van der Waals surface area (Å²) in [5.41, 5.74) is 0. The third-order valence-electron chi connectivity index (χ3n) is 1.11. The molecule has 0 saturated carbocycles. The summed E-state index contributed by atoms with van der Waals surface area (Å²) in [5.74, 6) is 3.00. The molecule has 0 bridgehead atoms. The Balaban J connectivity index is 3.86. The van der Waals surface area contributed by atoms with E-state index in [0.29, 0.717) is 0 Å². The van der Waals surface area contributed by atoms with Crippen LogP contribution in [0, 0.1) is 12.0 Å². The van der Waals surface area contributed by atoms with E-state index in [1.807, 2.05) is 34.8 Å². The van der Waals surface area contributed by atoms with Gasteiger partial charge in [-0.3, -0.25) is 0 Å². The quantitative estimate of drug-likeness (QED) is 0.246. The first-order valence-electron chi connectivity index (χ1n) is 3.80. The van der Waals surface area contributed by atoms with Gasteiger partial charge in [-0.25, -0.2) is 0 Å². The van der Waals surface area contributed by atoms with Gasteiger partial charge in [0.15, 0.2) is 0 Å². The molecule has 2 heteroatoms. The molecule has 0 aliphatic rings. The predicted octanol–water partition coefficient (Wildman–Crippen LogP) is 1.21. The van der Waals surface area contributed by atoms with Crippen molar-refractivity contribution in [3.63, 3.8) is 0 Å². The molecule has 0 heterocycles. The van der Waals surface area contributed by atoms with E-state index in [4.69, 9.17) is 0 Å². The molecule has 0 N–H and O–H groups in total. The molecule has 11 heavy (non-hydrogen) atoms. The summed E-state index contributed by atoms with van der Waals surface area (Å²) in [4.78, 5) is 1.98. The Morgan fingerprint density at radius 2 is 1.82 bits per heavy atom. The minimum absolute atomic E-state index is 0.805. The molecular formula is C9H12LiN. The second kappa shape index (κ2) is 7.54. The van der Waals surface area contributed by atoms with Gasteiger partial charge in [0.1, 0.15) is 0 Å². The maximum absolute atomic E-state index is 3.65. The zero-order valence-corrected chi connectivity index (χ0v) is 7.14. The van der Waals surface area contributed by atoms with E-state index in [0.717, 1.165) is 18.2 Å². The van der Waals surface area contributed by atoms with Gasteiger partial charge in [-0.05, 0) is 0 Å². The summed E-state index contributed by atoms with van der Waals surface area (Å²) >= 11 is 2.03. The molecule has 0 aromatic carbocycles. The van der Waals surface area contributed by atoms with Crippen molar-refractivity contribution in [1.82, 2.24) is 4.90 Å². The van der Waals surface area contributed by atoms with Crippen LogP contribution in [-0.2, 0) is 0 Å². The van der Waals surface area contributed by atoms with E-state index in [1.54, 1.807) is 0 Å². The van der Waals surface area contributed by atoms with Gasteiger partial charge in [0.25, 0.3) is 0 Å². The first kappa shape index (κ1) is 10.4. The van der Waals surface area contributed by atoms with Crippen molar-refractivity contribution in [3.8, 4) is 12.0 Å². The molecule has 0 radical (unpaired) electrons. The molecule has 0 amide bonds. The molecule has 0 aliphatic carbocycles. The van der Waals surface area contributed by atoms with Crippen molar-refractivity contribution < 1.29 is 0 Å². The Kier molecular flexibility index (Phi) is 7.16. The number of hydrogen-bond acceptors (Lipinski definition) is 1. The molecular weight excluding hydrogens is 129 g/mol. The Labute approximate surface area is 78.4 Å². The van der Waals surface area contributed by atoms with Crippen LogP contribution in [0.1, 0.15) is 0 Å². The van der Waals surface area contributed by atoms with Crippen LogP contribution in [0.2, 0.25) is 5.09 Å². The van der Waals surface area contributed by atoms with Gasteiger partial charge in [0, 0.05) is 0 Å². The van der Waals surface area contributed by atoms with Crippen LogP contribution >= 0.6 is 0 Å². The molecule has 0 atom stereocenters. The van der Waals surface area contributed by atoms with E-state index in [1.165, 1.54) is 0 Å². The Morgan fingerprint density at radius 3 is 2.18 bits per heavy atom. The zero-order chi connectivity index (χ0) is 8.53. The predicted molar refractivity (Wildman–Crippen MR) is 50.3 cm³/mol. The second-order valence-corrected chi connectivity index (χ2v) is 2.12. The standard InChI is InChI=1S/C9H12N.Li/c1-4-7-10(8-5-2)9-6-3;/h4-5H,1-3,7-8H2;. The third kappa shape index (κ3) is 5.86. The first-order chi connectivity index (χ1) is 5.35. The van der Waals surface area contributed by atoms with Crippen LogP contribution in [0.3, 0.4) is 0 Å². The van der Waals surface area contributed by atoms with Crippen LogP contribution in [0.5, 0.6) is 0 Å². The van der Waals surface area contributed by atoms with Crippen LogP contribution < -0.4 is 0 Å². The monoisotopic (exact) mass is 141 g/mol. The molecule has 54 valence electrons. The summed E-state index contributed by atoms with van der Waals surface area (Å²) in [6.45, 7) is 8.90. The Morgan fingerprint density at radius 1 is 1.27 bits per heavy atom. The fraction of sp³-hybridized carbons (Fsp3) is 0.333. The number of nitrogens with zero attached hydrogens (tertiary/aromatic N) is 1. The Hall–Kier alpha value is -0.563. The molecule has 0 aromatic heterocycles. The second-order valence-electron chi connectivity index (χ2n) is 2.12. The minimum atomic E-state index is 0.805. The molecule has 0 spiro atoms. The molecule has 0 saturated heterocycles. The molecule has 0 aromatic rings. The van der Waals surface area contributed by atoms with Gasteiger partial charge in [-0.15, -0.1) is 0 Å². The van der Waals surface area contributed by atoms with Crippen molar-refractivity contribution in [2.45, 2.75) is 5.09 Å². The average molecular weight is 141 g/mol. The van der Waals surface area contributed by atoms with E-state index >= 15 is 0 Å². The summed E-state index contributed by atoms with van der Waals surface area (Å²) in [6, 6.07) is 3.01. The topological polar surface area (TPSA) is 3.24 Å². The fourth-order valence-electron chi connectivity index (χ4n) is 0.668. The molecule has 1 nitrogen and oxygen atoms in total. The molecule has 0 unspecified atom stereocenters. The van der Waals surface area contributed by atoms with Crippen LogP contribution in [-0.4, -0.2) is 35.7 Å². The summed E-state index contributed by atoms with van der Waals surface area (Å²) < 4.78 is 0. The number of rotatable bonds is 4. The summed E-state index contributed by atoms with van der Waals surface area (Å²) in [7, 11) is 0. The van der Waals surface area contributed by atoms with Crippen LogP contribution in [0.25, 0.3) is 0 Å². The van der Waals surface area contributed by atoms with Gasteiger partial charge in [-0.1, -0.05) is 0 Å². The van der Waals surface area contributed by atoms with Crippen molar-refractivity contribution in [2.75, 3.05) is 13.1 Å². The Bertz CT molecular complexity index is 166. The van der Waals surface area contributed by atoms with E-state index in [9.17, 15) is 0 Å². The SMILES string of the molecule is [Li][CH2]C#CN(CC=C)CC=C. The van der Waals surface area contributed by atoms with E-state index in [-0.39, 0.29) is 0 Å². The van der Waals surface area contributed by atoms with E-state index < -0.39 is 0 Å². The molecule has 0 aliphatic heterocycles. The van der Waals surface area contributed by atoms with Crippen LogP contribution in [0.15, 0.2) is 25.3 Å². The average Bonchev–Trinajstić information content (AvgIpc) is 2.01. The van der Waals surface area contributed by atoms with Gasteiger partial charge in [-0.2, -0.15) is 0 Å². The van der Waals surface area contributed by atoms with E-state index in [2.05, 4.69) is 25.1 Å². The van der Waals surface area contributed by atoms with Crippen molar-refractivity contribution in [2.24, 2.45) is 0 Å². The van der Waals surface area contributed by atoms with Gasteiger partial charge in [0.05, 0.1) is 0 Å². The summed E-state index contributed by atoms with van der Waals surface area (Å²) in [5, 5.41) is 0.894. The third-order valence-corrected chi connectivity index (χ3v) is 1.11. The van der Waals surface area contributed by atoms with Crippen LogP contribution in [0.4, 0.5) is 0 Å². The fourth-order valence-corrected chi connectivity index (χ4v) is 0.668. The summed E-state index contributed by atoms with van der Waals surface area (Å²) in [6.07, 6.45) is 3.68. The molecule has 0 rings (SSSR count). The zero-order valence-electron chi connectivity index (χ0n) is 7.14. The van der Waals surface area contributed by atoms with Crippen molar-refractivity contribution in [1.29, 1.82) is 0 Å². The maximum atomic E-state index is 3.65. The molecule has 0 fully saturated rings. The van der Waals surface area contributed by atoms with Gasteiger partial charge in [0.2, 0.25) is 0 Å². The number of hydrogen-bond donors (Lipinski definition) is 0.